The third-order valence-electron chi connectivity index (χ3n) is 2.44. The molecule has 1 saturated heterocycles. The summed E-state index contributed by atoms with van der Waals surface area (Å²) in [4.78, 5) is 13.5. The topological polar surface area (TPSA) is 20.3 Å². The summed E-state index contributed by atoms with van der Waals surface area (Å²) in [6.07, 6.45) is 1.21. The molecule has 0 unspecified atom stereocenters. The molecule has 0 spiro atoms. The van der Waals surface area contributed by atoms with Crippen LogP contribution in [0.15, 0.2) is 30.3 Å². The van der Waals surface area contributed by atoms with E-state index in [1.54, 1.807) is 0 Å². The van der Waals surface area contributed by atoms with Crippen molar-refractivity contribution in [2.24, 2.45) is 0 Å². The third-order valence-corrected chi connectivity index (χ3v) is 2.44. The van der Waals surface area contributed by atoms with Gasteiger partial charge < -0.3 is 0 Å². The van der Waals surface area contributed by atoms with Gasteiger partial charge in [0, 0.05) is 5.56 Å². The van der Waals surface area contributed by atoms with E-state index in [1.165, 1.54) is 6.42 Å². The van der Waals surface area contributed by atoms with E-state index in [2.05, 4.69) is 16.7 Å². The zero-order valence-electron chi connectivity index (χ0n) is 8.57. The molecule has 1 aromatic rings. The Morgan fingerprint density at radius 3 is 2.60 bits per heavy atom. The van der Waals surface area contributed by atoms with Crippen molar-refractivity contribution < 1.29 is 4.79 Å². The minimum atomic E-state index is 0.0125. The number of hydrogen-bond acceptors (Lipinski definition) is 2. The average molecular weight is 199 g/mol. The fourth-order valence-corrected chi connectivity index (χ4v) is 1.45. The van der Waals surface area contributed by atoms with Gasteiger partial charge in [0.15, 0.2) is 0 Å². The highest BCUT2D eigenvalue weighted by Gasteiger charge is 2.15. The van der Waals surface area contributed by atoms with Crippen LogP contribution in [-0.2, 0) is 4.79 Å². The summed E-state index contributed by atoms with van der Waals surface area (Å²) in [5.74, 6) is 5.55. The lowest BCUT2D eigenvalue weighted by Crippen LogP contribution is -2.40. The molecule has 0 atom stereocenters. The first-order valence-corrected chi connectivity index (χ1v) is 5.17. The van der Waals surface area contributed by atoms with E-state index in [0.29, 0.717) is 6.54 Å². The van der Waals surface area contributed by atoms with Crippen LogP contribution in [0.3, 0.4) is 0 Å². The first-order valence-electron chi connectivity index (χ1n) is 5.17. The summed E-state index contributed by atoms with van der Waals surface area (Å²) in [5.41, 5.74) is 0.898. The zero-order valence-corrected chi connectivity index (χ0v) is 8.57. The minimum Gasteiger partial charge on any atom is -0.295 e. The van der Waals surface area contributed by atoms with Crippen LogP contribution in [0.25, 0.3) is 0 Å². The van der Waals surface area contributed by atoms with Gasteiger partial charge in [-0.3, -0.25) is 9.69 Å². The molecule has 0 aliphatic carbocycles. The first-order chi connectivity index (χ1) is 7.34. The maximum absolute atomic E-state index is 11.4. The fraction of sp³-hybridized carbons (Fsp3) is 0.308. The highest BCUT2D eigenvalue weighted by molar-refractivity contribution is 5.97. The van der Waals surface area contributed by atoms with Gasteiger partial charge in [0.25, 0.3) is 0 Å². The largest absolute Gasteiger partial charge is 0.295 e. The first kappa shape index (κ1) is 9.95. The van der Waals surface area contributed by atoms with Crippen molar-refractivity contribution in [3.63, 3.8) is 0 Å². The lowest BCUT2D eigenvalue weighted by atomic mass is 10.2. The molecule has 0 aromatic heterocycles. The van der Waals surface area contributed by atoms with Gasteiger partial charge in [0.05, 0.1) is 6.54 Å². The predicted octanol–water partition coefficient (Wildman–Crippen LogP) is 1.31. The monoisotopic (exact) mass is 199 g/mol. The molecular weight excluding hydrogens is 186 g/mol. The third kappa shape index (κ3) is 2.93. The van der Waals surface area contributed by atoms with Crippen molar-refractivity contribution in [2.45, 2.75) is 6.42 Å². The lowest BCUT2D eigenvalue weighted by Gasteiger charge is -2.28. The van der Waals surface area contributed by atoms with Crippen molar-refractivity contribution in [2.75, 3.05) is 19.6 Å². The number of rotatable bonds is 2. The van der Waals surface area contributed by atoms with Crippen LogP contribution >= 0.6 is 0 Å². The summed E-state index contributed by atoms with van der Waals surface area (Å²) in [6, 6.07) is 9.59. The Morgan fingerprint density at radius 2 is 2.00 bits per heavy atom. The number of Topliss-reactive ketones (excluding diaryl/α,β-unsaturated/α-hetero) is 1. The Hall–Kier alpha value is -1.59. The Kier molecular flexibility index (Phi) is 3.16. The number of likely N-dealkylation sites (tertiary alicyclic amines) is 1. The second-order valence-electron chi connectivity index (χ2n) is 3.67. The van der Waals surface area contributed by atoms with Gasteiger partial charge in [-0.05, 0) is 37.6 Å². The smallest absolute Gasteiger partial charge is 0.219 e. The molecule has 2 rings (SSSR count). The number of carbonyl (C=O) groups is 1. The number of benzene rings is 1. The normalized spacial score (nSPS) is 14.9. The van der Waals surface area contributed by atoms with E-state index >= 15 is 0 Å². The predicted molar refractivity (Wildman–Crippen MR) is 59.4 cm³/mol. The van der Waals surface area contributed by atoms with Gasteiger partial charge in [-0.1, -0.05) is 24.1 Å². The molecule has 0 radical (unpaired) electrons. The van der Waals surface area contributed by atoms with Crippen molar-refractivity contribution in [1.82, 2.24) is 4.90 Å². The molecule has 0 N–H and O–H groups in total. The van der Waals surface area contributed by atoms with Crippen LogP contribution < -0.4 is 0 Å². The summed E-state index contributed by atoms with van der Waals surface area (Å²) in [5, 5.41) is 0. The molecule has 1 heterocycles. The van der Waals surface area contributed by atoms with Crippen LogP contribution in [0.1, 0.15) is 12.0 Å². The number of nitrogens with zero attached hydrogens (tertiary/aromatic N) is 1. The maximum atomic E-state index is 11.4. The van der Waals surface area contributed by atoms with E-state index in [9.17, 15) is 4.79 Å². The minimum absolute atomic E-state index is 0.0125. The van der Waals surface area contributed by atoms with E-state index in [1.807, 2.05) is 30.3 Å². The highest BCUT2D eigenvalue weighted by atomic mass is 16.1. The number of carbonyl (C=O) groups excluding carboxylic acids is 1. The summed E-state index contributed by atoms with van der Waals surface area (Å²) in [7, 11) is 0. The number of hydrogen-bond donors (Lipinski definition) is 0. The SMILES string of the molecule is O=C(C#Cc1ccccc1)CN1CCC1. The molecule has 1 aromatic carbocycles. The standard InChI is InChI=1S/C13H13NO/c15-13(11-14-9-4-10-14)8-7-12-5-2-1-3-6-12/h1-3,5-6H,4,9-11H2. The summed E-state index contributed by atoms with van der Waals surface area (Å²) in [6.45, 7) is 2.57. The fourth-order valence-electron chi connectivity index (χ4n) is 1.45. The average Bonchev–Trinajstić information content (AvgIpc) is 2.22. The molecule has 0 saturated carbocycles. The lowest BCUT2D eigenvalue weighted by molar-refractivity contribution is -0.115. The second-order valence-corrected chi connectivity index (χ2v) is 3.67. The Morgan fingerprint density at radius 1 is 1.27 bits per heavy atom. The van der Waals surface area contributed by atoms with Gasteiger partial charge in [0.1, 0.15) is 0 Å². The van der Waals surface area contributed by atoms with Gasteiger partial charge in [-0.25, -0.2) is 0 Å². The molecule has 1 aliphatic rings. The van der Waals surface area contributed by atoms with Crippen LogP contribution in [0.5, 0.6) is 0 Å². The Bertz CT molecular complexity index is 396. The van der Waals surface area contributed by atoms with Crippen LogP contribution in [0, 0.1) is 11.8 Å². The van der Waals surface area contributed by atoms with Gasteiger partial charge in [0.2, 0.25) is 5.78 Å². The van der Waals surface area contributed by atoms with E-state index < -0.39 is 0 Å². The van der Waals surface area contributed by atoms with Crippen molar-refractivity contribution in [3.8, 4) is 11.8 Å². The molecule has 1 aliphatic heterocycles. The molecular formula is C13H13NO. The highest BCUT2D eigenvalue weighted by Crippen LogP contribution is 2.04. The zero-order chi connectivity index (χ0) is 10.5. The molecule has 15 heavy (non-hydrogen) atoms. The summed E-state index contributed by atoms with van der Waals surface area (Å²) < 4.78 is 0. The van der Waals surface area contributed by atoms with Crippen molar-refractivity contribution >= 4 is 5.78 Å². The maximum Gasteiger partial charge on any atom is 0.219 e. The molecule has 76 valence electrons. The van der Waals surface area contributed by atoms with E-state index in [-0.39, 0.29) is 5.78 Å². The van der Waals surface area contributed by atoms with Crippen LogP contribution in [0.4, 0.5) is 0 Å². The number of ketones is 1. The van der Waals surface area contributed by atoms with Crippen molar-refractivity contribution in [1.29, 1.82) is 0 Å². The van der Waals surface area contributed by atoms with E-state index in [0.717, 1.165) is 18.7 Å². The van der Waals surface area contributed by atoms with Gasteiger partial charge in [-0.15, -0.1) is 0 Å². The summed E-state index contributed by atoms with van der Waals surface area (Å²) >= 11 is 0. The van der Waals surface area contributed by atoms with Crippen LogP contribution in [-0.4, -0.2) is 30.3 Å². The quantitative estimate of drug-likeness (QED) is 0.669. The Labute approximate surface area is 89.9 Å². The van der Waals surface area contributed by atoms with Crippen molar-refractivity contribution in [3.05, 3.63) is 35.9 Å². The molecule has 2 nitrogen and oxygen atoms in total. The van der Waals surface area contributed by atoms with Gasteiger partial charge >= 0.3 is 0 Å². The molecule has 1 fully saturated rings. The second kappa shape index (κ2) is 4.77. The Balaban J connectivity index is 1.90. The molecule has 0 bridgehead atoms. The van der Waals surface area contributed by atoms with E-state index in [4.69, 9.17) is 0 Å². The molecule has 2 heteroatoms. The van der Waals surface area contributed by atoms with Gasteiger partial charge in [-0.2, -0.15) is 0 Å². The van der Waals surface area contributed by atoms with Crippen LogP contribution in [0.2, 0.25) is 0 Å². The molecule has 0 amide bonds.